The smallest absolute Gasteiger partial charge is 0.0915 e. The van der Waals surface area contributed by atoms with Gasteiger partial charge in [0.2, 0.25) is 0 Å². The van der Waals surface area contributed by atoms with Gasteiger partial charge < -0.3 is 5.11 Å². The van der Waals surface area contributed by atoms with Gasteiger partial charge in [-0.2, -0.15) is 0 Å². The Morgan fingerprint density at radius 1 is 0.762 bits per heavy atom. The predicted molar refractivity (Wildman–Crippen MR) is 95.6 cm³/mol. The molecule has 0 heterocycles. The molecule has 0 aromatic rings. The molecule has 1 heteroatoms. The first kappa shape index (κ1) is 19.8. The van der Waals surface area contributed by atoms with Crippen LogP contribution in [0.5, 0.6) is 0 Å². The minimum atomic E-state index is 0.578. The molecule has 0 aliphatic carbocycles. The van der Waals surface area contributed by atoms with Gasteiger partial charge >= 0.3 is 0 Å². The highest BCUT2D eigenvalue weighted by atomic mass is 16.3. The van der Waals surface area contributed by atoms with Crippen molar-refractivity contribution in [1.29, 1.82) is 0 Å². The van der Waals surface area contributed by atoms with Crippen molar-refractivity contribution in [2.45, 2.75) is 80.1 Å². The third-order valence-corrected chi connectivity index (χ3v) is 3.84. The van der Waals surface area contributed by atoms with Crippen molar-refractivity contribution in [2.75, 3.05) is 0 Å². The Morgan fingerprint density at radius 3 is 1.95 bits per heavy atom. The molecule has 0 saturated carbocycles. The van der Waals surface area contributed by atoms with E-state index in [1.165, 1.54) is 16.7 Å². The van der Waals surface area contributed by atoms with Crippen molar-refractivity contribution in [1.82, 2.24) is 0 Å². The summed E-state index contributed by atoms with van der Waals surface area (Å²) in [4.78, 5) is 0. The van der Waals surface area contributed by atoms with Crippen LogP contribution in [0.2, 0.25) is 0 Å². The van der Waals surface area contributed by atoms with E-state index in [4.69, 9.17) is 0 Å². The Morgan fingerprint density at radius 2 is 1.38 bits per heavy atom. The quantitative estimate of drug-likeness (QED) is 0.356. The van der Waals surface area contributed by atoms with Gasteiger partial charge in [-0.05, 0) is 79.2 Å². The summed E-state index contributed by atoms with van der Waals surface area (Å²) in [7, 11) is 0. The van der Waals surface area contributed by atoms with E-state index < -0.39 is 0 Å². The predicted octanol–water partition coefficient (Wildman–Crippen LogP) is 7.04. The van der Waals surface area contributed by atoms with Gasteiger partial charge in [-0.25, -0.2) is 0 Å². The molecule has 21 heavy (non-hydrogen) atoms. The van der Waals surface area contributed by atoms with Crippen LogP contribution in [0.15, 0.2) is 46.3 Å². The zero-order valence-electron chi connectivity index (χ0n) is 14.9. The molecule has 0 rings (SSSR count). The normalized spacial score (nSPS) is 14.0. The average Bonchev–Trinajstić information content (AvgIpc) is 2.43. The molecule has 0 saturated heterocycles. The molecule has 0 aromatic carbocycles. The summed E-state index contributed by atoms with van der Waals surface area (Å²) in [6.45, 7) is 12.7. The van der Waals surface area contributed by atoms with Crippen LogP contribution in [-0.2, 0) is 0 Å². The maximum Gasteiger partial charge on any atom is 0.0915 e. The number of rotatable bonds is 9. The molecular weight excluding hydrogens is 256 g/mol. The lowest BCUT2D eigenvalue weighted by Crippen LogP contribution is -1.90. The standard InChI is InChI=1S/C20H34O/c1-7-17(4)11-9-12-18(5)14-15-20(21)19(6)13-8-10-16(2)3/h7,10,12,21H,8-9,11,13-15H2,1-6H3/b17-7+,18-12+,20-19-. The Balaban J connectivity index is 4.17. The largest absolute Gasteiger partial charge is 0.512 e. The zero-order chi connectivity index (χ0) is 16.3. The van der Waals surface area contributed by atoms with Crippen molar-refractivity contribution < 1.29 is 5.11 Å². The lowest BCUT2D eigenvalue weighted by molar-refractivity contribution is 0.378. The highest BCUT2D eigenvalue weighted by Gasteiger charge is 2.01. The summed E-state index contributed by atoms with van der Waals surface area (Å²) in [5, 5.41) is 10.1. The van der Waals surface area contributed by atoms with E-state index in [-0.39, 0.29) is 0 Å². The van der Waals surface area contributed by atoms with Crippen molar-refractivity contribution in [3.8, 4) is 0 Å². The molecule has 0 radical (unpaired) electrons. The minimum Gasteiger partial charge on any atom is -0.512 e. The van der Waals surface area contributed by atoms with Crippen LogP contribution >= 0.6 is 0 Å². The monoisotopic (exact) mass is 290 g/mol. The van der Waals surface area contributed by atoms with Crippen molar-refractivity contribution in [3.63, 3.8) is 0 Å². The molecule has 0 aromatic heterocycles. The van der Waals surface area contributed by atoms with Gasteiger partial charge in [-0.3, -0.25) is 0 Å². The van der Waals surface area contributed by atoms with Crippen molar-refractivity contribution in [2.24, 2.45) is 0 Å². The summed E-state index contributed by atoms with van der Waals surface area (Å²) >= 11 is 0. The molecular formula is C20H34O. The summed E-state index contributed by atoms with van der Waals surface area (Å²) < 4.78 is 0. The molecule has 1 N–H and O–H groups in total. The van der Waals surface area contributed by atoms with Crippen LogP contribution < -0.4 is 0 Å². The van der Waals surface area contributed by atoms with E-state index in [1.807, 2.05) is 6.92 Å². The lowest BCUT2D eigenvalue weighted by Gasteiger charge is -2.06. The molecule has 120 valence electrons. The van der Waals surface area contributed by atoms with Crippen molar-refractivity contribution >= 4 is 0 Å². The first-order valence-corrected chi connectivity index (χ1v) is 8.15. The number of hydrogen-bond donors (Lipinski definition) is 1. The van der Waals surface area contributed by atoms with Crippen LogP contribution in [0.25, 0.3) is 0 Å². The fourth-order valence-corrected chi connectivity index (χ4v) is 2.04. The van der Waals surface area contributed by atoms with Gasteiger partial charge in [0.05, 0.1) is 5.76 Å². The van der Waals surface area contributed by atoms with Gasteiger partial charge in [0.15, 0.2) is 0 Å². The SMILES string of the molecule is C/C=C(\C)CC/C=C(\C)CC/C(O)=C(\C)CCC=C(C)C. The van der Waals surface area contributed by atoms with Crippen LogP contribution in [0.4, 0.5) is 0 Å². The Hall–Kier alpha value is -1.24. The molecule has 0 spiro atoms. The Bertz CT molecular complexity index is 415. The summed E-state index contributed by atoms with van der Waals surface area (Å²) in [6, 6.07) is 0. The molecule has 0 atom stereocenters. The van der Waals surface area contributed by atoms with E-state index >= 15 is 0 Å². The van der Waals surface area contributed by atoms with Crippen molar-refractivity contribution in [3.05, 3.63) is 46.3 Å². The average molecular weight is 290 g/mol. The molecule has 0 aliphatic heterocycles. The van der Waals surface area contributed by atoms with Crippen LogP contribution in [-0.4, -0.2) is 5.11 Å². The maximum atomic E-state index is 10.1. The third kappa shape index (κ3) is 11.1. The Kier molecular flexibility index (Phi) is 10.7. The summed E-state index contributed by atoms with van der Waals surface area (Å²) in [6.07, 6.45) is 12.7. The fraction of sp³-hybridized carbons (Fsp3) is 0.600. The minimum absolute atomic E-state index is 0.578. The van der Waals surface area contributed by atoms with Crippen LogP contribution in [0.1, 0.15) is 80.1 Å². The van der Waals surface area contributed by atoms with Crippen LogP contribution in [0, 0.1) is 0 Å². The first-order chi connectivity index (χ1) is 9.86. The van der Waals surface area contributed by atoms with E-state index in [2.05, 4.69) is 52.8 Å². The number of aliphatic hydroxyl groups is 1. The van der Waals surface area contributed by atoms with Gasteiger partial charge in [0, 0.05) is 6.42 Å². The fourth-order valence-electron chi connectivity index (χ4n) is 2.04. The van der Waals surface area contributed by atoms with Gasteiger partial charge in [0.25, 0.3) is 0 Å². The second kappa shape index (κ2) is 11.4. The van der Waals surface area contributed by atoms with E-state index in [9.17, 15) is 5.11 Å². The molecule has 0 aliphatic rings. The third-order valence-electron chi connectivity index (χ3n) is 3.84. The number of aliphatic hydroxyl groups excluding tert-OH is 1. The maximum absolute atomic E-state index is 10.1. The molecule has 1 nitrogen and oxygen atoms in total. The lowest BCUT2D eigenvalue weighted by atomic mass is 10.0. The highest BCUT2D eigenvalue weighted by molar-refractivity contribution is 5.10. The van der Waals surface area contributed by atoms with Gasteiger partial charge in [0.1, 0.15) is 0 Å². The second-order valence-electron chi connectivity index (χ2n) is 6.27. The number of hydrogen-bond acceptors (Lipinski definition) is 1. The van der Waals surface area contributed by atoms with E-state index in [1.54, 1.807) is 0 Å². The topological polar surface area (TPSA) is 20.2 Å². The molecule has 0 bridgehead atoms. The first-order valence-electron chi connectivity index (χ1n) is 8.15. The zero-order valence-corrected chi connectivity index (χ0v) is 14.9. The van der Waals surface area contributed by atoms with Crippen LogP contribution in [0.3, 0.4) is 0 Å². The van der Waals surface area contributed by atoms with Gasteiger partial charge in [-0.15, -0.1) is 0 Å². The molecule has 0 fully saturated rings. The van der Waals surface area contributed by atoms with E-state index in [0.29, 0.717) is 5.76 Å². The number of allylic oxidation sites excluding steroid dienone is 8. The summed E-state index contributed by atoms with van der Waals surface area (Å²) in [5.41, 5.74) is 5.29. The molecule has 0 unspecified atom stereocenters. The second-order valence-corrected chi connectivity index (χ2v) is 6.27. The Labute approximate surface area is 132 Å². The summed E-state index contributed by atoms with van der Waals surface area (Å²) in [5.74, 6) is 0.578. The molecule has 0 amide bonds. The van der Waals surface area contributed by atoms with E-state index in [0.717, 1.165) is 44.1 Å². The highest BCUT2D eigenvalue weighted by Crippen LogP contribution is 2.17. The van der Waals surface area contributed by atoms with Gasteiger partial charge in [-0.1, -0.05) is 34.9 Å².